The number of hydrogen-bond donors (Lipinski definition) is 1. The van der Waals surface area contributed by atoms with Gasteiger partial charge in [0.15, 0.2) is 0 Å². The average molecular weight is 276 g/mol. The van der Waals surface area contributed by atoms with Crippen molar-refractivity contribution in [3.63, 3.8) is 0 Å². The molecule has 1 aliphatic heterocycles. The van der Waals surface area contributed by atoms with Crippen LogP contribution in [0.4, 0.5) is 0 Å². The van der Waals surface area contributed by atoms with Crippen LogP contribution < -0.4 is 10.1 Å². The van der Waals surface area contributed by atoms with Gasteiger partial charge in [-0.05, 0) is 24.5 Å². The SMILES string of the molecule is COc1ccccc1C(C)CC(=O)N1CCNCC1C. The normalized spacial score (nSPS) is 20.6. The molecule has 1 N–H and O–H groups in total. The maximum Gasteiger partial charge on any atom is 0.223 e. The van der Waals surface area contributed by atoms with Crippen LogP contribution in [0.2, 0.25) is 0 Å². The van der Waals surface area contributed by atoms with Crippen LogP contribution in [0.1, 0.15) is 31.7 Å². The highest BCUT2D eigenvalue weighted by Gasteiger charge is 2.25. The van der Waals surface area contributed by atoms with Crippen molar-refractivity contribution in [2.24, 2.45) is 0 Å². The Bertz CT molecular complexity index is 462. The monoisotopic (exact) mass is 276 g/mol. The van der Waals surface area contributed by atoms with E-state index in [-0.39, 0.29) is 17.9 Å². The number of hydrogen-bond acceptors (Lipinski definition) is 3. The molecule has 1 saturated heterocycles. The first-order valence-electron chi connectivity index (χ1n) is 7.26. The van der Waals surface area contributed by atoms with Gasteiger partial charge in [-0.2, -0.15) is 0 Å². The lowest BCUT2D eigenvalue weighted by atomic mass is 9.95. The Hall–Kier alpha value is -1.55. The van der Waals surface area contributed by atoms with Crippen LogP contribution in [-0.4, -0.2) is 43.6 Å². The fourth-order valence-electron chi connectivity index (χ4n) is 2.77. The van der Waals surface area contributed by atoms with Crippen LogP contribution in [0.15, 0.2) is 24.3 Å². The molecule has 0 spiro atoms. The van der Waals surface area contributed by atoms with Crippen molar-refractivity contribution in [2.45, 2.75) is 32.2 Å². The summed E-state index contributed by atoms with van der Waals surface area (Å²) in [7, 11) is 1.67. The van der Waals surface area contributed by atoms with E-state index >= 15 is 0 Å². The van der Waals surface area contributed by atoms with Gasteiger partial charge in [0, 0.05) is 32.1 Å². The fourth-order valence-corrected chi connectivity index (χ4v) is 2.77. The minimum Gasteiger partial charge on any atom is -0.496 e. The number of rotatable bonds is 4. The molecule has 0 saturated carbocycles. The first-order chi connectivity index (χ1) is 9.63. The van der Waals surface area contributed by atoms with Crippen molar-refractivity contribution < 1.29 is 9.53 Å². The molecule has 0 aliphatic carbocycles. The molecule has 0 radical (unpaired) electrons. The molecule has 0 aromatic heterocycles. The Morgan fingerprint density at radius 1 is 1.50 bits per heavy atom. The van der Waals surface area contributed by atoms with E-state index in [9.17, 15) is 4.79 Å². The Morgan fingerprint density at radius 3 is 2.95 bits per heavy atom. The summed E-state index contributed by atoms with van der Waals surface area (Å²) in [6, 6.07) is 8.21. The summed E-state index contributed by atoms with van der Waals surface area (Å²) in [5.74, 6) is 1.26. The number of ether oxygens (including phenoxy) is 1. The second-order valence-electron chi connectivity index (χ2n) is 5.49. The van der Waals surface area contributed by atoms with E-state index in [2.05, 4.69) is 19.2 Å². The molecule has 4 heteroatoms. The van der Waals surface area contributed by atoms with E-state index in [1.54, 1.807) is 7.11 Å². The van der Waals surface area contributed by atoms with Gasteiger partial charge < -0.3 is 15.0 Å². The zero-order chi connectivity index (χ0) is 14.5. The summed E-state index contributed by atoms with van der Waals surface area (Å²) in [6.45, 7) is 6.76. The summed E-state index contributed by atoms with van der Waals surface area (Å²) in [4.78, 5) is 14.4. The zero-order valence-corrected chi connectivity index (χ0v) is 12.6. The van der Waals surface area contributed by atoms with Gasteiger partial charge in [-0.3, -0.25) is 4.79 Å². The lowest BCUT2D eigenvalue weighted by molar-refractivity contribution is -0.134. The number of piperazine rings is 1. The summed E-state index contributed by atoms with van der Waals surface area (Å²) in [5.41, 5.74) is 1.10. The molecule has 1 heterocycles. The van der Waals surface area contributed by atoms with Crippen LogP contribution in [-0.2, 0) is 4.79 Å². The van der Waals surface area contributed by atoms with Crippen molar-refractivity contribution in [3.05, 3.63) is 29.8 Å². The number of carbonyl (C=O) groups excluding carboxylic acids is 1. The summed E-state index contributed by atoms with van der Waals surface area (Å²) >= 11 is 0. The molecule has 1 aromatic rings. The second-order valence-corrected chi connectivity index (χ2v) is 5.49. The predicted molar refractivity (Wildman–Crippen MR) is 80.1 cm³/mol. The minimum atomic E-state index is 0.167. The van der Waals surface area contributed by atoms with E-state index in [0.717, 1.165) is 30.9 Å². The molecule has 20 heavy (non-hydrogen) atoms. The molecule has 0 bridgehead atoms. The summed E-state index contributed by atoms with van der Waals surface area (Å²) in [5, 5.41) is 3.31. The van der Waals surface area contributed by atoms with Gasteiger partial charge in [0.2, 0.25) is 5.91 Å². The Balaban J connectivity index is 2.03. The molecule has 1 aliphatic rings. The van der Waals surface area contributed by atoms with E-state index in [4.69, 9.17) is 4.74 Å². The van der Waals surface area contributed by atoms with Crippen molar-refractivity contribution in [1.82, 2.24) is 10.2 Å². The lowest BCUT2D eigenvalue weighted by Gasteiger charge is -2.34. The largest absolute Gasteiger partial charge is 0.496 e. The molecule has 4 nitrogen and oxygen atoms in total. The molecule has 1 aromatic carbocycles. The minimum absolute atomic E-state index is 0.167. The van der Waals surface area contributed by atoms with Crippen LogP contribution in [0.3, 0.4) is 0 Å². The zero-order valence-electron chi connectivity index (χ0n) is 12.6. The maximum absolute atomic E-state index is 12.4. The van der Waals surface area contributed by atoms with Crippen LogP contribution in [0.5, 0.6) is 5.75 Å². The fraction of sp³-hybridized carbons (Fsp3) is 0.562. The van der Waals surface area contributed by atoms with Gasteiger partial charge in [-0.1, -0.05) is 25.1 Å². The highest BCUT2D eigenvalue weighted by Crippen LogP contribution is 2.29. The van der Waals surface area contributed by atoms with E-state index in [0.29, 0.717) is 6.42 Å². The van der Waals surface area contributed by atoms with Crippen LogP contribution in [0, 0.1) is 0 Å². The van der Waals surface area contributed by atoms with Crippen LogP contribution >= 0.6 is 0 Å². The summed E-state index contributed by atoms with van der Waals surface area (Å²) in [6.07, 6.45) is 0.532. The number of nitrogens with one attached hydrogen (secondary N) is 1. The highest BCUT2D eigenvalue weighted by molar-refractivity contribution is 5.77. The highest BCUT2D eigenvalue weighted by atomic mass is 16.5. The lowest BCUT2D eigenvalue weighted by Crippen LogP contribution is -2.52. The van der Waals surface area contributed by atoms with Gasteiger partial charge >= 0.3 is 0 Å². The van der Waals surface area contributed by atoms with Crippen LogP contribution in [0.25, 0.3) is 0 Å². The van der Waals surface area contributed by atoms with E-state index in [1.165, 1.54) is 0 Å². The molecule has 2 unspecified atom stereocenters. The smallest absolute Gasteiger partial charge is 0.223 e. The Kier molecular flexibility index (Phi) is 5.01. The van der Waals surface area contributed by atoms with E-state index < -0.39 is 0 Å². The topological polar surface area (TPSA) is 41.6 Å². The number of methoxy groups -OCH3 is 1. The van der Waals surface area contributed by atoms with Crippen molar-refractivity contribution in [3.8, 4) is 5.75 Å². The molecular formula is C16H24N2O2. The molecule has 1 amide bonds. The van der Waals surface area contributed by atoms with Crippen molar-refractivity contribution in [2.75, 3.05) is 26.7 Å². The second kappa shape index (κ2) is 6.75. The third kappa shape index (κ3) is 3.31. The Labute approximate surface area is 121 Å². The molecule has 2 atom stereocenters. The molecule has 1 fully saturated rings. The number of amides is 1. The molecular weight excluding hydrogens is 252 g/mol. The predicted octanol–water partition coefficient (Wildman–Crippen LogP) is 2.01. The van der Waals surface area contributed by atoms with Gasteiger partial charge in [0.25, 0.3) is 0 Å². The average Bonchev–Trinajstić information content (AvgIpc) is 2.47. The van der Waals surface area contributed by atoms with Crippen molar-refractivity contribution in [1.29, 1.82) is 0 Å². The van der Waals surface area contributed by atoms with Gasteiger partial charge in [0.05, 0.1) is 7.11 Å². The standard InChI is InChI=1S/C16H24N2O2/c1-12(14-6-4-5-7-15(14)20-3)10-16(19)18-9-8-17-11-13(18)2/h4-7,12-13,17H,8-11H2,1-3H3. The maximum atomic E-state index is 12.4. The van der Waals surface area contributed by atoms with Crippen molar-refractivity contribution >= 4 is 5.91 Å². The number of nitrogens with zero attached hydrogens (tertiary/aromatic N) is 1. The number of para-hydroxylation sites is 1. The first kappa shape index (κ1) is 14.9. The summed E-state index contributed by atoms with van der Waals surface area (Å²) < 4.78 is 5.38. The number of benzene rings is 1. The third-order valence-electron chi connectivity index (χ3n) is 3.97. The van der Waals surface area contributed by atoms with Gasteiger partial charge in [-0.25, -0.2) is 0 Å². The first-order valence-corrected chi connectivity index (χ1v) is 7.26. The molecule has 2 rings (SSSR count). The number of carbonyl (C=O) groups is 1. The quantitative estimate of drug-likeness (QED) is 0.914. The molecule has 110 valence electrons. The van der Waals surface area contributed by atoms with Gasteiger partial charge in [-0.15, -0.1) is 0 Å². The Morgan fingerprint density at radius 2 is 2.25 bits per heavy atom. The van der Waals surface area contributed by atoms with Gasteiger partial charge in [0.1, 0.15) is 5.75 Å². The van der Waals surface area contributed by atoms with E-state index in [1.807, 2.05) is 29.2 Å². The third-order valence-corrected chi connectivity index (χ3v) is 3.97.